The molecule has 122 valence electrons. The lowest BCUT2D eigenvalue weighted by Gasteiger charge is -2.16. The first-order valence-corrected chi connectivity index (χ1v) is 8.79. The number of carbonyl (C=O) groups is 1. The van der Waals surface area contributed by atoms with E-state index in [1.54, 1.807) is 17.4 Å². The van der Waals surface area contributed by atoms with E-state index in [9.17, 15) is 4.79 Å². The van der Waals surface area contributed by atoms with Gasteiger partial charge in [-0.15, -0.1) is 11.3 Å². The maximum atomic E-state index is 12.5. The summed E-state index contributed by atoms with van der Waals surface area (Å²) in [6.07, 6.45) is 2.23. The van der Waals surface area contributed by atoms with E-state index in [4.69, 9.17) is 9.47 Å². The van der Waals surface area contributed by atoms with Gasteiger partial charge in [0.05, 0.1) is 17.7 Å². The summed E-state index contributed by atoms with van der Waals surface area (Å²) in [6.45, 7) is 3.28. The molecule has 1 aromatic heterocycles. The quantitative estimate of drug-likeness (QED) is 0.876. The highest BCUT2D eigenvalue weighted by atomic mass is 32.1. The normalized spacial score (nSPS) is 18.6. The summed E-state index contributed by atoms with van der Waals surface area (Å²) in [5, 5.41) is 5.04. The molecular weight excluding hydrogens is 310 g/mol. The van der Waals surface area contributed by atoms with Crippen LogP contribution in [-0.4, -0.2) is 25.2 Å². The van der Waals surface area contributed by atoms with Gasteiger partial charge in [0.1, 0.15) is 12.4 Å². The Morgan fingerprint density at radius 1 is 1.39 bits per heavy atom. The zero-order chi connectivity index (χ0) is 16.1. The fourth-order valence-electron chi connectivity index (χ4n) is 2.62. The lowest BCUT2D eigenvalue weighted by molar-refractivity contribution is 0.0670. The van der Waals surface area contributed by atoms with Crippen LogP contribution >= 0.6 is 11.3 Å². The molecule has 0 bridgehead atoms. The number of hydrogen-bond acceptors (Lipinski definition) is 4. The standard InChI is InChI=1S/C18H21NO3S/c1-13(17-9-5-11-23-17)19-18(20)15-7-2-3-8-16(15)22-12-14-6-4-10-21-14/h2-3,5,7-9,11,13-14H,4,6,10,12H2,1H3,(H,19,20). The van der Waals surface area contributed by atoms with Crippen LogP contribution in [0.3, 0.4) is 0 Å². The van der Waals surface area contributed by atoms with E-state index >= 15 is 0 Å². The molecule has 2 aromatic rings. The Morgan fingerprint density at radius 3 is 3.00 bits per heavy atom. The zero-order valence-electron chi connectivity index (χ0n) is 13.2. The number of hydrogen-bond donors (Lipinski definition) is 1. The number of amides is 1. The SMILES string of the molecule is CC(NC(=O)c1ccccc1OCC1CCCO1)c1cccs1. The van der Waals surface area contributed by atoms with Gasteiger partial charge in [-0.05, 0) is 43.3 Å². The second-order valence-electron chi connectivity index (χ2n) is 5.65. The number of thiophene rings is 1. The van der Waals surface area contributed by atoms with Gasteiger partial charge in [-0.3, -0.25) is 4.79 Å². The highest BCUT2D eigenvalue weighted by Crippen LogP contribution is 2.23. The summed E-state index contributed by atoms with van der Waals surface area (Å²) in [6, 6.07) is 11.3. The molecule has 0 aliphatic carbocycles. The second kappa shape index (κ2) is 7.62. The van der Waals surface area contributed by atoms with Crippen molar-refractivity contribution in [2.24, 2.45) is 0 Å². The minimum Gasteiger partial charge on any atom is -0.490 e. The molecule has 1 N–H and O–H groups in total. The first-order chi connectivity index (χ1) is 11.2. The number of ether oxygens (including phenoxy) is 2. The molecule has 2 heterocycles. The van der Waals surface area contributed by atoms with Crippen molar-refractivity contribution in [1.82, 2.24) is 5.32 Å². The molecule has 2 unspecified atom stereocenters. The predicted octanol–water partition coefficient (Wildman–Crippen LogP) is 3.80. The molecule has 0 spiro atoms. The fourth-order valence-corrected chi connectivity index (χ4v) is 3.36. The van der Waals surface area contributed by atoms with Gasteiger partial charge < -0.3 is 14.8 Å². The maximum absolute atomic E-state index is 12.5. The van der Waals surface area contributed by atoms with Crippen molar-refractivity contribution in [2.45, 2.75) is 31.9 Å². The van der Waals surface area contributed by atoms with Crippen molar-refractivity contribution in [3.8, 4) is 5.75 Å². The Morgan fingerprint density at radius 2 is 2.26 bits per heavy atom. The summed E-state index contributed by atoms with van der Waals surface area (Å²) >= 11 is 1.64. The number of carbonyl (C=O) groups excluding carboxylic acids is 1. The van der Waals surface area contributed by atoms with Crippen molar-refractivity contribution >= 4 is 17.2 Å². The Labute approximate surface area is 140 Å². The average Bonchev–Trinajstić information content (AvgIpc) is 3.26. The predicted molar refractivity (Wildman–Crippen MR) is 91.1 cm³/mol. The summed E-state index contributed by atoms with van der Waals surface area (Å²) in [4.78, 5) is 13.7. The van der Waals surface area contributed by atoms with Crippen molar-refractivity contribution in [3.63, 3.8) is 0 Å². The lowest BCUT2D eigenvalue weighted by Crippen LogP contribution is -2.27. The van der Waals surface area contributed by atoms with Crippen LogP contribution in [-0.2, 0) is 4.74 Å². The highest BCUT2D eigenvalue weighted by molar-refractivity contribution is 7.10. The summed E-state index contributed by atoms with van der Waals surface area (Å²) in [5.74, 6) is 0.493. The van der Waals surface area contributed by atoms with Gasteiger partial charge in [0.2, 0.25) is 0 Å². The van der Waals surface area contributed by atoms with Gasteiger partial charge >= 0.3 is 0 Å². The zero-order valence-corrected chi connectivity index (χ0v) is 14.0. The number of benzene rings is 1. The topological polar surface area (TPSA) is 47.6 Å². The first-order valence-electron chi connectivity index (χ1n) is 7.92. The molecular formula is C18H21NO3S. The van der Waals surface area contributed by atoms with Crippen LogP contribution in [0.25, 0.3) is 0 Å². The van der Waals surface area contributed by atoms with E-state index in [2.05, 4.69) is 5.32 Å². The van der Waals surface area contributed by atoms with Crippen molar-refractivity contribution in [2.75, 3.05) is 13.2 Å². The Balaban J connectivity index is 1.65. The van der Waals surface area contributed by atoms with Crippen LogP contribution in [0.2, 0.25) is 0 Å². The second-order valence-corrected chi connectivity index (χ2v) is 6.63. The van der Waals surface area contributed by atoms with E-state index in [0.717, 1.165) is 24.3 Å². The molecule has 2 atom stereocenters. The summed E-state index contributed by atoms with van der Waals surface area (Å²) in [5.41, 5.74) is 0.564. The molecule has 4 nitrogen and oxygen atoms in total. The van der Waals surface area contributed by atoms with Crippen molar-refractivity contribution < 1.29 is 14.3 Å². The molecule has 23 heavy (non-hydrogen) atoms. The van der Waals surface area contributed by atoms with Crippen LogP contribution in [0.4, 0.5) is 0 Å². The van der Waals surface area contributed by atoms with Gasteiger partial charge in [0, 0.05) is 11.5 Å². The van der Waals surface area contributed by atoms with Gasteiger partial charge in [0.25, 0.3) is 5.91 Å². The van der Waals surface area contributed by atoms with E-state index < -0.39 is 0 Å². The third-order valence-corrected chi connectivity index (χ3v) is 4.95. The third-order valence-electron chi connectivity index (χ3n) is 3.90. The smallest absolute Gasteiger partial charge is 0.255 e. The van der Waals surface area contributed by atoms with Gasteiger partial charge in [-0.25, -0.2) is 0 Å². The molecule has 1 aliphatic rings. The minimum absolute atomic E-state index is 0.0197. The van der Waals surface area contributed by atoms with E-state index in [0.29, 0.717) is 17.9 Å². The van der Waals surface area contributed by atoms with Gasteiger partial charge in [-0.2, -0.15) is 0 Å². The summed E-state index contributed by atoms with van der Waals surface area (Å²) in [7, 11) is 0. The third kappa shape index (κ3) is 4.12. The molecule has 0 radical (unpaired) electrons. The number of para-hydroxylation sites is 1. The number of rotatable bonds is 6. The molecule has 1 aliphatic heterocycles. The molecule has 1 amide bonds. The van der Waals surface area contributed by atoms with Gasteiger partial charge in [0.15, 0.2) is 0 Å². The van der Waals surface area contributed by atoms with Crippen LogP contribution in [0, 0.1) is 0 Å². The van der Waals surface area contributed by atoms with E-state index in [-0.39, 0.29) is 18.1 Å². The van der Waals surface area contributed by atoms with Crippen LogP contribution < -0.4 is 10.1 Å². The monoisotopic (exact) mass is 331 g/mol. The van der Waals surface area contributed by atoms with Crippen LogP contribution in [0.15, 0.2) is 41.8 Å². The lowest BCUT2D eigenvalue weighted by atomic mass is 10.1. The fraction of sp³-hybridized carbons (Fsp3) is 0.389. The highest BCUT2D eigenvalue weighted by Gasteiger charge is 2.19. The average molecular weight is 331 g/mol. The Kier molecular flexibility index (Phi) is 5.31. The molecule has 5 heteroatoms. The first kappa shape index (κ1) is 16.0. The largest absolute Gasteiger partial charge is 0.490 e. The maximum Gasteiger partial charge on any atom is 0.255 e. The van der Waals surface area contributed by atoms with Crippen LogP contribution in [0.1, 0.15) is 41.0 Å². The van der Waals surface area contributed by atoms with Crippen molar-refractivity contribution in [3.05, 3.63) is 52.2 Å². The molecule has 1 aromatic carbocycles. The van der Waals surface area contributed by atoms with E-state index in [1.807, 2.05) is 42.6 Å². The minimum atomic E-state index is -0.117. The number of nitrogens with one attached hydrogen (secondary N) is 1. The van der Waals surface area contributed by atoms with E-state index in [1.165, 1.54) is 0 Å². The molecule has 1 saturated heterocycles. The molecule has 1 fully saturated rings. The van der Waals surface area contributed by atoms with Crippen LogP contribution in [0.5, 0.6) is 5.75 Å². The Bertz CT molecular complexity index is 635. The summed E-state index contributed by atoms with van der Waals surface area (Å²) < 4.78 is 11.4. The molecule has 3 rings (SSSR count). The van der Waals surface area contributed by atoms with Crippen molar-refractivity contribution in [1.29, 1.82) is 0 Å². The Hall–Kier alpha value is -1.85. The van der Waals surface area contributed by atoms with Gasteiger partial charge in [-0.1, -0.05) is 18.2 Å². The molecule has 0 saturated carbocycles.